The molecule has 1 fully saturated rings. The van der Waals surface area contributed by atoms with Crippen molar-refractivity contribution in [3.63, 3.8) is 0 Å². The Labute approximate surface area is 109 Å². The molecule has 0 spiro atoms. The zero-order valence-corrected chi connectivity index (χ0v) is 11.6. The van der Waals surface area contributed by atoms with Crippen molar-refractivity contribution in [1.82, 2.24) is 5.32 Å². The summed E-state index contributed by atoms with van der Waals surface area (Å²) in [4.78, 5) is 2.32. The normalized spacial score (nSPS) is 14.9. The van der Waals surface area contributed by atoms with Crippen LogP contribution in [0.3, 0.4) is 0 Å². The first-order valence-electron chi connectivity index (χ1n) is 6.24. The molecular formula is C13H22ClN3. The van der Waals surface area contributed by atoms with Gasteiger partial charge in [0.25, 0.3) is 0 Å². The van der Waals surface area contributed by atoms with Crippen molar-refractivity contribution in [2.24, 2.45) is 0 Å². The predicted octanol–water partition coefficient (Wildman–Crippen LogP) is 2.82. The molecule has 3 nitrogen and oxygen atoms in total. The molecule has 0 saturated carbocycles. The standard InChI is InChI=1S/C11H16ClN3.C2H6/c1-13-9-2-3-11(10(12)8-9)15-6-4-14-5-7-15;1-2/h2-3,8,13-14H,4-7H2,1H3;1-2H3. The topological polar surface area (TPSA) is 27.3 Å². The Hall–Kier alpha value is -0.930. The molecule has 1 aromatic carbocycles. The first kappa shape index (κ1) is 14.1. The average Bonchev–Trinajstić information content (AvgIpc) is 2.42. The second-order valence-corrected chi connectivity index (χ2v) is 4.06. The molecule has 1 aromatic rings. The highest BCUT2D eigenvalue weighted by molar-refractivity contribution is 6.33. The summed E-state index contributed by atoms with van der Waals surface area (Å²) in [7, 11) is 1.90. The van der Waals surface area contributed by atoms with Crippen LogP contribution in [0.25, 0.3) is 0 Å². The molecule has 17 heavy (non-hydrogen) atoms. The molecule has 0 atom stereocenters. The average molecular weight is 256 g/mol. The molecule has 0 bridgehead atoms. The Morgan fingerprint density at radius 2 is 1.88 bits per heavy atom. The maximum atomic E-state index is 6.24. The van der Waals surface area contributed by atoms with Gasteiger partial charge in [-0.2, -0.15) is 0 Å². The van der Waals surface area contributed by atoms with Crippen LogP contribution in [0.1, 0.15) is 13.8 Å². The molecule has 2 N–H and O–H groups in total. The van der Waals surface area contributed by atoms with Crippen molar-refractivity contribution in [3.8, 4) is 0 Å². The quantitative estimate of drug-likeness (QED) is 0.851. The van der Waals surface area contributed by atoms with Crippen LogP contribution in [-0.2, 0) is 0 Å². The van der Waals surface area contributed by atoms with Crippen LogP contribution in [0.5, 0.6) is 0 Å². The lowest BCUT2D eigenvalue weighted by Gasteiger charge is -2.30. The molecule has 96 valence electrons. The highest BCUT2D eigenvalue weighted by Gasteiger charge is 2.13. The van der Waals surface area contributed by atoms with E-state index in [1.807, 2.05) is 27.0 Å². The summed E-state index contributed by atoms with van der Waals surface area (Å²) >= 11 is 6.24. The fourth-order valence-electron chi connectivity index (χ4n) is 1.82. The van der Waals surface area contributed by atoms with Gasteiger partial charge in [0.2, 0.25) is 0 Å². The Kier molecular flexibility index (Phi) is 6.16. The molecule has 0 amide bonds. The Bertz CT molecular complexity index is 335. The van der Waals surface area contributed by atoms with E-state index in [2.05, 4.69) is 27.7 Å². The zero-order valence-electron chi connectivity index (χ0n) is 10.9. The van der Waals surface area contributed by atoms with E-state index in [1.165, 1.54) is 0 Å². The van der Waals surface area contributed by atoms with Crippen LogP contribution < -0.4 is 15.5 Å². The Morgan fingerprint density at radius 1 is 1.24 bits per heavy atom. The first-order valence-corrected chi connectivity index (χ1v) is 6.62. The van der Waals surface area contributed by atoms with Gasteiger partial charge in [-0.25, -0.2) is 0 Å². The second-order valence-electron chi connectivity index (χ2n) is 3.65. The van der Waals surface area contributed by atoms with E-state index in [-0.39, 0.29) is 0 Å². The highest BCUT2D eigenvalue weighted by atomic mass is 35.5. The van der Waals surface area contributed by atoms with Crippen LogP contribution in [-0.4, -0.2) is 33.2 Å². The molecule has 1 heterocycles. The summed E-state index contributed by atoms with van der Waals surface area (Å²) in [6, 6.07) is 6.11. The number of nitrogens with one attached hydrogen (secondary N) is 2. The van der Waals surface area contributed by atoms with Crippen LogP contribution in [0.2, 0.25) is 5.02 Å². The third-order valence-corrected chi connectivity index (χ3v) is 3.00. The molecule has 0 unspecified atom stereocenters. The SMILES string of the molecule is CC.CNc1ccc(N2CCNCC2)c(Cl)c1. The van der Waals surface area contributed by atoms with E-state index in [0.717, 1.165) is 42.6 Å². The van der Waals surface area contributed by atoms with E-state index in [4.69, 9.17) is 11.6 Å². The van der Waals surface area contributed by atoms with Crippen molar-refractivity contribution in [1.29, 1.82) is 0 Å². The molecule has 0 aliphatic carbocycles. The molecule has 0 radical (unpaired) electrons. The molecule has 1 aliphatic rings. The lowest BCUT2D eigenvalue weighted by molar-refractivity contribution is 0.589. The van der Waals surface area contributed by atoms with E-state index in [9.17, 15) is 0 Å². The minimum Gasteiger partial charge on any atom is -0.388 e. The van der Waals surface area contributed by atoms with Crippen LogP contribution in [0, 0.1) is 0 Å². The van der Waals surface area contributed by atoms with Gasteiger partial charge in [0, 0.05) is 38.9 Å². The molecule has 4 heteroatoms. The second kappa shape index (κ2) is 7.41. The fourth-order valence-corrected chi connectivity index (χ4v) is 2.12. The third-order valence-electron chi connectivity index (χ3n) is 2.69. The fraction of sp³-hybridized carbons (Fsp3) is 0.538. The molecule has 0 aromatic heterocycles. The van der Waals surface area contributed by atoms with Gasteiger partial charge >= 0.3 is 0 Å². The predicted molar refractivity (Wildman–Crippen MR) is 77.4 cm³/mol. The molecule has 1 saturated heterocycles. The van der Waals surface area contributed by atoms with Gasteiger partial charge in [0.1, 0.15) is 0 Å². The maximum absolute atomic E-state index is 6.24. The Morgan fingerprint density at radius 3 is 2.41 bits per heavy atom. The van der Waals surface area contributed by atoms with Crippen molar-refractivity contribution in [3.05, 3.63) is 23.2 Å². The van der Waals surface area contributed by atoms with Gasteiger partial charge in [-0.3, -0.25) is 0 Å². The Balaban J connectivity index is 0.000000686. The minimum absolute atomic E-state index is 0.823. The number of hydrogen-bond acceptors (Lipinski definition) is 3. The number of rotatable bonds is 2. The van der Waals surface area contributed by atoms with Crippen molar-refractivity contribution in [2.45, 2.75) is 13.8 Å². The van der Waals surface area contributed by atoms with E-state index >= 15 is 0 Å². The van der Waals surface area contributed by atoms with Gasteiger partial charge in [-0.05, 0) is 18.2 Å². The van der Waals surface area contributed by atoms with Gasteiger partial charge in [0.05, 0.1) is 10.7 Å². The summed E-state index contributed by atoms with van der Waals surface area (Å²) in [6.07, 6.45) is 0. The number of halogens is 1. The van der Waals surface area contributed by atoms with Gasteiger partial charge in [0.15, 0.2) is 0 Å². The van der Waals surface area contributed by atoms with Gasteiger partial charge in [-0.15, -0.1) is 0 Å². The van der Waals surface area contributed by atoms with Gasteiger partial charge < -0.3 is 15.5 Å². The number of nitrogens with zero attached hydrogens (tertiary/aromatic N) is 1. The van der Waals surface area contributed by atoms with E-state index in [1.54, 1.807) is 0 Å². The first-order chi connectivity index (χ1) is 8.31. The summed E-state index contributed by atoms with van der Waals surface area (Å²) in [5.41, 5.74) is 2.19. The number of benzene rings is 1. The summed E-state index contributed by atoms with van der Waals surface area (Å²) in [5, 5.41) is 7.23. The monoisotopic (exact) mass is 255 g/mol. The summed E-state index contributed by atoms with van der Waals surface area (Å²) in [6.45, 7) is 8.12. The third kappa shape index (κ3) is 3.79. The van der Waals surface area contributed by atoms with Crippen molar-refractivity contribution >= 4 is 23.0 Å². The molecule has 1 aliphatic heterocycles. The molecule has 2 rings (SSSR count). The van der Waals surface area contributed by atoms with E-state index in [0.29, 0.717) is 0 Å². The lowest BCUT2D eigenvalue weighted by atomic mass is 10.2. The zero-order chi connectivity index (χ0) is 12.7. The van der Waals surface area contributed by atoms with Crippen molar-refractivity contribution in [2.75, 3.05) is 43.4 Å². The number of hydrogen-bond donors (Lipinski definition) is 2. The molecular weight excluding hydrogens is 234 g/mol. The van der Waals surface area contributed by atoms with Crippen molar-refractivity contribution < 1.29 is 0 Å². The lowest BCUT2D eigenvalue weighted by Crippen LogP contribution is -2.43. The minimum atomic E-state index is 0.823. The smallest absolute Gasteiger partial charge is 0.0660 e. The highest BCUT2D eigenvalue weighted by Crippen LogP contribution is 2.28. The van der Waals surface area contributed by atoms with Crippen LogP contribution >= 0.6 is 11.6 Å². The number of piperazine rings is 1. The van der Waals surface area contributed by atoms with E-state index < -0.39 is 0 Å². The summed E-state index contributed by atoms with van der Waals surface area (Å²) < 4.78 is 0. The van der Waals surface area contributed by atoms with Gasteiger partial charge in [-0.1, -0.05) is 25.4 Å². The largest absolute Gasteiger partial charge is 0.388 e. The summed E-state index contributed by atoms with van der Waals surface area (Å²) in [5.74, 6) is 0. The maximum Gasteiger partial charge on any atom is 0.0660 e. The van der Waals surface area contributed by atoms with Crippen LogP contribution in [0.15, 0.2) is 18.2 Å². The number of anilines is 2. The van der Waals surface area contributed by atoms with Crippen LogP contribution in [0.4, 0.5) is 11.4 Å².